The summed E-state index contributed by atoms with van der Waals surface area (Å²) >= 11 is 2.96. The highest BCUT2D eigenvalue weighted by Crippen LogP contribution is 2.25. The third-order valence-electron chi connectivity index (χ3n) is 4.17. The first-order chi connectivity index (χ1) is 13.2. The molecule has 0 radical (unpaired) electrons. The molecule has 3 heterocycles. The molecule has 27 heavy (non-hydrogen) atoms. The normalized spacial score (nSPS) is 12.1. The summed E-state index contributed by atoms with van der Waals surface area (Å²) in [6.45, 7) is 6.62. The summed E-state index contributed by atoms with van der Waals surface area (Å²) in [5, 5.41) is 19.1. The number of carbonyl (C=O) groups excluding carboxylic acids is 1. The van der Waals surface area contributed by atoms with Gasteiger partial charge in [0.15, 0.2) is 5.01 Å². The minimum atomic E-state index is -0.286. The number of amides is 2. The lowest BCUT2D eigenvalue weighted by atomic mass is 10.1. The number of carbonyl (C=O) groups is 1. The maximum Gasteiger partial charge on any atom is 0.321 e. The van der Waals surface area contributed by atoms with Gasteiger partial charge in [-0.25, -0.2) is 4.79 Å². The van der Waals surface area contributed by atoms with Crippen LogP contribution in [0, 0.1) is 0 Å². The molecule has 2 N–H and O–H groups in total. The fourth-order valence-electron chi connectivity index (χ4n) is 2.78. The standard InChI is InChI=1S/C18H22N6OS2/c1-3-24(4-2)15(13-8-10-26-12-13)11-20-17(25)21-18-23-22-16(27-18)14-7-5-6-9-19-14/h5-10,12,15H,3-4,11H2,1-2H3,(H2,20,21,23,25). The number of likely N-dealkylation sites (N-methyl/N-ethyl adjacent to an activating group) is 1. The second-order valence-electron chi connectivity index (χ2n) is 5.76. The van der Waals surface area contributed by atoms with Crippen LogP contribution in [0.25, 0.3) is 10.7 Å². The zero-order valence-electron chi connectivity index (χ0n) is 15.3. The molecule has 0 fully saturated rings. The molecule has 3 aromatic rings. The van der Waals surface area contributed by atoms with Crippen molar-refractivity contribution in [1.82, 2.24) is 25.4 Å². The van der Waals surface area contributed by atoms with Crippen LogP contribution in [0.2, 0.25) is 0 Å². The van der Waals surface area contributed by atoms with Crippen LogP contribution in [-0.2, 0) is 0 Å². The highest BCUT2D eigenvalue weighted by atomic mass is 32.1. The van der Waals surface area contributed by atoms with Gasteiger partial charge in [-0.2, -0.15) is 11.3 Å². The third kappa shape index (κ3) is 5.09. The predicted molar refractivity (Wildman–Crippen MR) is 110 cm³/mol. The predicted octanol–water partition coefficient (Wildman–Crippen LogP) is 3.87. The van der Waals surface area contributed by atoms with Crippen molar-refractivity contribution >= 4 is 33.8 Å². The van der Waals surface area contributed by atoms with Gasteiger partial charge in [-0.3, -0.25) is 15.2 Å². The van der Waals surface area contributed by atoms with Crippen molar-refractivity contribution in [2.45, 2.75) is 19.9 Å². The molecule has 0 aliphatic heterocycles. The quantitative estimate of drug-likeness (QED) is 0.598. The number of aromatic nitrogens is 3. The van der Waals surface area contributed by atoms with E-state index < -0.39 is 0 Å². The van der Waals surface area contributed by atoms with E-state index in [9.17, 15) is 4.79 Å². The van der Waals surface area contributed by atoms with E-state index in [2.05, 4.69) is 61.4 Å². The van der Waals surface area contributed by atoms with Crippen molar-refractivity contribution in [1.29, 1.82) is 0 Å². The van der Waals surface area contributed by atoms with Crippen molar-refractivity contribution in [3.63, 3.8) is 0 Å². The lowest BCUT2D eigenvalue weighted by molar-refractivity contribution is 0.210. The Morgan fingerprint density at radius 2 is 2.07 bits per heavy atom. The van der Waals surface area contributed by atoms with E-state index in [-0.39, 0.29) is 12.1 Å². The van der Waals surface area contributed by atoms with E-state index in [1.165, 1.54) is 16.9 Å². The number of rotatable bonds is 8. The molecule has 0 aliphatic rings. The van der Waals surface area contributed by atoms with Crippen LogP contribution < -0.4 is 10.6 Å². The Morgan fingerprint density at radius 1 is 1.22 bits per heavy atom. The number of thiophene rings is 1. The van der Waals surface area contributed by atoms with Crippen molar-refractivity contribution in [2.24, 2.45) is 0 Å². The average Bonchev–Trinajstić information content (AvgIpc) is 3.38. The number of hydrogen-bond donors (Lipinski definition) is 2. The molecule has 0 saturated carbocycles. The Bertz CT molecular complexity index is 833. The Hall–Kier alpha value is -2.36. The molecule has 0 saturated heterocycles. The van der Waals surface area contributed by atoms with Gasteiger partial charge < -0.3 is 5.32 Å². The molecular formula is C18H22N6OS2. The third-order valence-corrected chi connectivity index (χ3v) is 5.73. The first-order valence-electron chi connectivity index (χ1n) is 8.77. The lowest BCUT2D eigenvalue weighted by Gasteiger charge is -2.29. The number of anilines is 1. The summed E-state index contributed by atoms with van der Waals surface area (Å²) in [6, 6.07) is 7.57. The second-order valence-corrected chi connectivity index (χ2v) is 7.51. The molecule has 1 atom stereocenters. The van der Waals surface area contributed by atoms with Crippen molar-refractivity contribution in [3.8, 4) is 10.7 Å². The molecule has 0 spiro atoms. The maximum atomic E-state index is 12.3. The fourth-order valence-corrected chi connectivity index (χ4v) is 4.21. The summed E-state index contributed by atoms with van der Waals surface area (Å²) in [5.74, 6) is 0. The lowest BCUT2D eigenvalue weighted by Crippen LogP contribution is -2.39. The highest BCUT2D eigenvalue weighted by Gasteiger charge is 2.19. The molecule has 9 heteroatoms. The Morgan fingerprint density at radius 3 is 2.74 bits per heavy atom. The number of urea groups is 1. The van der Waals surface area contributed by atoms with Gasteiger partial charge in [0.05, 0.1) is 6.04 Å². The van der Waals surface area contributed by atoms with E-state index in [0.29, 0.717) is 16.7 Å². The van der Waals surface area contributed by atoms with Crippen LogP contribution in [0.1, 0.15) is 25.5 Å². The van der Waals surface area contributed by atoms with Crippen LogP contribution in [-0.4, -0.2) is 45.7 Å². The SMILES string of the molecule is CCN(CC)C(CNC(=O)Nc1nnc(-c2ccccn2)s1)c1ccsc1. The Labute approximate surface area is 166 Å². The number of nitrogens with zero attached hydrogens (tertiary/aromatic N) is 4. The molecular weight excluding hydrogens is 380 g/mol. The maximum absolute atomic E-state index is 12.3. The van der Waals surface area contributed by atoms with Crippen LogP contribution in [0.3, 0.4) is 0 Å². The van der Waals surface area contributed by atoms with Crippen LogP contribution in [0.15, 0.2) is 41.2 Å². The van der Waals surface area contributed by atoms with E-state index in [1.54, 1.807) is 17.5 Å². The van der Waals surface area contributed by atoms with E-state index in [4.69, 9.17) is 0 Å². The number of nitrogens with one attached hydrogen (secondary N) is 2. The minimum Gasteiger partial charge on any atom is -0.336 e. The average molecular weight is 403 g/mol. The zero-order chi connectivity index (χ0) is 19.1. The second kappa shape index (κ2) is 9.54. The van der Waals surface area contributed by atoms with Gasteiger partial charge in [-0.05, 0) is 47.6 Å². The number of pyridine rings is 1. The first-order valence-corrected chi connectivity index (χ1v) is 10.5. The van der Waals surface area contributed by atoms with Crippen molar-refractivity contribution < 1.29 is 4.79 Å². The van der Waals surface area contributed by atoms with Gasteiger partial charge in [0.1, 0.15) is 5.69 Å². The van der Waals surface area contributed by atoms with Crippen LogP contribution in [0.4, 0.5) is 9.93 Å². The summed E-state index contributed by atoms with van der Waals surface area (Å²) in [6.07, 6.45) is 1.70. The van der Waals surface area contributed by atoms with Crippen LogP contribution in [0.5, 0.6) is 0 Å². The molecule has 0 aromatic carbocycles. The van der Waals surface area contributed by atoms with Crippen molar-refractivity contribution in [2.75, 3.05) is 25.0 Å². The van der Waals surface area contributed by atoms with Crippen molar-refractivity contribution in [3.05, 3.63) is 46.8 Å². The van der Waals surface area contributed by atoms with Gasteiger partial charge >= 0.3 is 6.03 Å². The van der Waals surface area contributed by atoms with E-state index in [0.717, 1.165) is 18.8 Å². The summed E-state index contributed by atoms with van der Waals surface area (Å²) in [4.78, 5) is 18.9. The highest BCUT2D eigenvalue weighted by molar-refractivity contribution is 7.18. The Balaban J connectivity index is 1.59. The molecule has 142 valence electrons. The van der Waals surface area contributed by atoms with Crippen LogP contribution >= 0.6 is 22.7 Å². The minimum absolute atomic E-state index is 0.149. The summed E-state index contributed by atoms with van der Waals surface area (Å²) < 4.78 is 0. The zero-order valence-corrected chi connectivity index (χ0v) is 16.9. The molecule has 7 nitrogen and oxygen atoms in total. The molecule has 1 unspecified atom stereocenters. The van der Waals surface area contributed by atoms with E-state index in [1.807, 2.05) is 18.2 Å². The first kappa shape index (κ1) is 19.4. The molecule has 3 aromatic heterocycles. The van der Waals surface area contributed by atoms with Gasteiger partial charge in [0.25, 0.3) is 0 Å². The molecule has 0 bridgehead atoms. The summed E-state index contributed by atoms with van der Waals surface area (Å²) in [7, 11) is 0. The van der Waals surface area contributed by atoms with Gasteiger partial charge in [0.2, 0.25) is 5.13 Å². The Kier molecular flexibility index (Phi) is 6.86. The largest absolute Gasteiger partial charge is 0.336 e. The fraction of sp³-hybridized carbons (Fsp3) is 0.333. The monoisotopic (exact) mass is 402 g/mol. The molecule has 2 amide bonds. The molecule has 3 rings (SSSR count). The number of hydrogen-bond acceptors (Lipinski definition) is 7. The topological polar surface area (TPSA) is 83.0 Å². The van der Waals surface area contributed by atoms with Gasteiger partial charge in [-0.15, -0.1) is 10.2 Å². The van der Waals surface area contributed by atoms with Gasteiger partial charge in [-0.1, -0.05) is 31.3 Å². The summed E-state index contributed by atoms with van der Waals surface area (Å²) in [5.41, 5.74) is 1.96. The molecule has 0 aliphatic carbocycles. The van der Waals surface area contributed by atoms with Gasteiger partial charge in [0, 0.05) is 12.7 Å². The van der Waals surface area contributed by atoms with E-state index >= 15 is 0 Å². The smallest absolute Gasteiger partial charge is 0.321 e.